The summed E-state index contributed by atoms with van der Waals surface area (Å²) in [4.78, 5) is 60.6. The summed E-state index contributed by atoms with van der Waals surface area (Å²) in [7, 11) is 0. The third-order valence-electron chi connectivity index (χ3n) is 13.2. The number of nitrogens with zero attached hydrogens (tertiary/aromatic N) is 10. The van der Waals surface area contributed by atoms with Gasteiger partial charge in [0.25, 0.3) is 0 Å². The first kappa shape index (κ1) is 45.6. The van der Waals surface area contributed by atoms with Gasteiger partial charge in [-0.15, -0.1) is 0 Å². The predicted molar refractivity (Wildman–Crippen MR) is 278 cm³/mol. The Balaban J connectivity index is 0.905. The number of amides is 2. The van der Waals surface area contributed by atoms with E-state index in [0.717, 1.165) is 66.4 Å². The number of halogens is 4. The van der Waals surface area contributed by atoms with Crippen LogP contribution in [0.4, 0.5) is 22.7 Å². The zero-order valence-electron chi connectivity index (χ0n) is 37.2. The van der Waals surface area contributed by atoms with Crippen LogP contribution in [-0.2, 0) is 9.59 Å². The molecule has 0 spiro atoms. The van der Waals surface area contributed by atoms with Crippen molar-refractivity contribution in [1.29, 1.82) is 0 Å². The molecule has 0 aliphatic carbocycles. The Bertz CT molecular complexity index is 2770. The predicted octanol–water partition coefficient (Wildman–Crippen LogP) is 10.3. The number of anilines is 4. The largest absolute Gasteiger partial charge is 0.367 e. The lowest BCUT2D eigenvalue weighted by atomic mass is 10.1. The summed E-state index contributed by atoms with van der Waals surface area (Å²) in [5, 5.41) is 6.43. The number of carbonyl (C=O) groups is 2. The van der Waals surface area contributed by atoms with E-state index in [1.54, 1.807) is 0 Å². The van der Waals surface area contributed by atoms with Crippen molar-refractivity contribution >= 4 is 125 Å². The second kappa shape index (κ2) is 20.2. The van der Waals surface area contributed by atoms with Gasteiger partial charge in [-0.05, 0) is 97.1 Å². The van der Waals surface area contributed by atoms with Crippen LogP contribution < -0.4 is 19.6 Å². The van der Waals surface area contributed by atoms with Gasteiger partial charge in [0.1, 0.15) is 0 Å². The number of pyridine rings is 4. The number of hydrogen-bond acceptors (Lipinski definition) is 10. The van der Waals surface area contributed by atoms with Gasteiger partial charge in [0.2, 0.25) is 11.8 Å². The van der Waals surface area contributed by atoms with Crippen LogP contribution in [0.3, 0.4) is 0 Å². The molecule has 2 aliphatic heterocycles. The van der Waals surface area contributed by atoms with E-state index < -0.39 is 0 Å². The number of benzene rings is 4. The van der Waals surface area contributed by atoms with Crippen molar-refractivity contribution in [3.8, 4) is 0 Å². The summed E-state index contributed by atoms with van der Waals surface area (Å²) in [6.45, 7) is 7.04. The molecule has 68 heavy (non-hydrogen) atoms. The number of hydrogen-bond donors (Lipinski definition) is 0. The SMILES string of the molecule is O=C(CCC(=O)N1CCN(c2ccnc3cc(Cl)ccc23)CCN(c2ccnc3cc(Cl)ccc23)CC1)N1CCN(c2ccnc3cc(Cl)ccc23)CCN(c2ccnc3cc(Cl)ccc23)CC1. The van der Waals surface area contributed by atoms with E-state index in [2.05, 4.69) is 39.5 Å². The molecule has 4 aromatic heterocycles. The topological polar surface area (TPSA) is 105 Å². The molecule has 10 rings (SSSR count). The van der Waals surface area contributed by atoms with Crippen molar-refractivity contribution in [3.05, 3.63) is 142 Å². The van der Waals surface area contributed by atoms with Gasteiger partial charge in [-0.3, -0.25) is 29.5 Å². The third kappa shape index (κ3) is 9.87. The molecule has 0 bridgehead atoms. The molecule has 2 amide bonds. The Morgan fingerprint density at radius 3 is 0.838 bits per heavy atom. The van der Waals surface area contributed by atoms with Crippen LogP contribution in [-0.4, -0.2) is 120 Å². The zero-order chi connectivity index (χ0) is 46.7. The summed E-state index contributed by atoms with van der Waals surface area (Å²) in [6.07, 6.45) is 7.40. The van der Waals surface area contributed by atoms with Crippen LogP contribution in [0.1, 0.15) is 12.8 Å². The maximum Gasteiger partial charge on any atom is 0.223 e. The van der Waals surface area contributed by atoms with Gasteiger partial charge in [-0.2, -0.15) is 0 Å². The first-order chi connectivity index (χ1) is 33.1. The maximum atomic E-state index is 14.5. The van der Waals surface area contributed by atoms with Crippen LogP contribution in [0.2, 0.25) is 20.1 Å². The van der Waals surface area contributed by atoms with Gasteiger partial charge < -0.3 is 29.4 Å². The number of fused-ring (bicyclic) bond motifs is 4. The molecule has 0 N–H and O–H groups in total. The monoisotopic (exact) mass is 984 g/mol. The first-order valence-corrected chi connectivity index (χ1v) is 24.4. The second-order valence-corrected chi connectivity index (χ2v) is 18.9. The molecular formula is C52H48Cl4N10O2. The van der Waals surface area contributed by atoms with E-state index in [4.69, 9.17) is 46.4 Å². The minimum absolute atomic E-state index is 0.0609. The quantitative estimate of drug-likeness (QED) is 0.153. The Kier molecular flexibility index (Phi) is 13.5. The van der Waals surface area contributed by atoms with Gasteiger partial charge in [0.05, 0.1) is 22.1 Å². The van der Waals surface area contributed by atoms with Crippen molar-refractivity contribution in [3.63, 3.8) is 0 Å². The molecular weight excluding hydrogens is 938 g/mol. The molecule has 346 valence electrons. The fourth-order valence-electron chi connectivity index (χ4n) is 9.64. The minimum atomic E-state index is -0.0609. The van der Waals surface area contributed by atoms with Crippen molar-refractivity contribution in [2.24, 2.45) is 0 Å². The highest BCUT2D eigenvalue weighted by Gasteiger charge is 2.26. The molecule has 0 saturated carbocycles. The normalized spacial score (nSPS) is 15.6. The van der Waals surface area contributed by atoms with Crippen LogP contribution in [0.5, 0.6) is 0 Å². The molecule has 0 atom stereocenters. The maximum absolute atomic E-state index is 14.5. The van der Waals surface area contributed by atoms with Crippen molar-refractivity contribution in [1.82, 2.24) is 29.7 Å². The van der Waals surface area contributed by atoms with Crippen LogP contribution >= 0.6 is 46.4 Å². The summed E-state index contributed by atoms with van der Waals surface area (Å²) < 4.78 is 0. The molecule has 4 aromatic carbocycles. The van der Waals surface area contributed by atoms with Gasteiger partial charge >= 0.3 is 0 Å². The van der Waals surface area contributed by atoms with Gasteiger partial charge in [-0.25, -0.2) is 0 Å². The van der Waals surface area contributed by atoms with Crippen molar-refractivity contribution < 1.29 is 9.59 Å². The van der Waals surface area contributed by atoms with E-state index in [0.29, 0.717) is 98.6 Å². The molecule has 2 aliphatic rings. The average molecular weight is 987 g/mol. The molecule has 12 nitrogen and oxygen atoms in total. The number of rotatable bonds is 7. The summed E-state index contributed by atoms with van der Waals surface area (Å²) in [6, 6.07) is 31.2. The molecule has 0 radical (unpaired) electrons. The summed E-state index contributed by atoms with van der Waals surface area (Å²) >= 11 is 25.6. The van der Waals surface area contributed by atoms with Gasteiger partial charge in [0, 0.05) is 181 Å². The molecule has 16 heteroatoms. The van der Waals surface area contributed by atoms with Crippen molar-refractivity contribution in [2.45, 2.75) is 12.8 Å². The third-order valence-corrected chi connectivity index (χ3v) is 14.1. The standard InChI is InChI=1S/C52H48Cl4N10O2/c53-35-1-5-39-43(31-35)57-15-11-47(39)61-19-20-62(48-12-16-58-44-32-36(54)2-6-40(44)48)24-28-65(27-23-61)51(67)9-10-52(68)66-29-25-63(49-13-17-59-45-33-37(55)3-7-41(45)49)21-22-64(26-30-66)50-14-18-60-46-34-38(56)4-8-42(46)50/h1-8,11-18,31-34H,9-10,19-30H2. The van der Waals surface area contributed by atoms with Crippen LogP contribution in [0.25, 0.3) is 43.6 Å². The molecule has 0 unspecified atom stereocenters. The van der Waals surface area contributed by atoms with E-state index in [-0.39, 0.29) is 24.7 Å². The Hall–Kier alpha value is -6.18. The smallest absolute Gasteiger partial charge is 0.223 e. The summed E-state index contributed by atoms with van der Waals surface area (Å²) in [5.41, 5.74) is 7.30. The Morgan fingerprint density at radius 1 is 0.353 bits per heavy atom. The van der Waals surface area contributed by atoms with E-state index >= 15 is 0 Å². The van der Waals surface area contributed by atoms with Crippen LogP contribution in [0, 0.1) is 0 Å². The van der Waals surface area contributed by atoms with E-state index in [1.165, 1.54) is 0 Å². The minimum Gasteiger partial charge on any atom is -0.367 e. The second-order valence-electron chi connectivity index (χ2n) is 17.2. The molecule has 2 saturated heterocycles. The highest BCUT2D eigenvalue weighted by molar-refractivity contribution is 6.32. The molecule has 6 heterocycles. The van der Waals surface area contributed by atoms with E-state index in [9.17, 15) is 9.59 Å². The number of carbonyl (C=O) groups excluding carboxylic acids is 2. The zero-order valence-corrected chi connectivity index (χ0v) is 40.3. The van der Waals surface area contributed by atoms with Gasteiger partial charge in [-0.1, -0.05) is 46.4 Å². The Labute approximate surface area is 414 Å². The molecule has 8 aromatic rings. The summed E-state index contributed by atoms with van der Waals surface area (Å²) in [5.74, 6) is -0.122. The van der Waals surface area contributed by atoms with E-state index in [1.807, 2.05) is 132 Å². The fraction of sp³-hybridized carbons (Fsp3) is 0.269. The fourth-order valence-corrected chi connectivity index (χ4v) is 10.3. The molecule has 2 fully saturated rings. The lowest BCUT2D eigenvalue weighted by Gasteiger charge is -2.30. The van der Waals surface area contributed by atoms with Crippen molar-refractivity contribution in [2.75, 3.05) is 98.1 Å². The Morgan fingerprint density at radius 2 is 0.588 bits per heavy atom. The lowest BCUT2D eigenvalue weighted by Crippen LogP contribution is -2.42. The first-order valence-electron chi connectivity index (χ1n) is 22.9. The highest BCUT2D eigenvalue weighted by Crippen LogP contribution is 2.33. The average Bonchev–Trinajstić information content (AvgIpc) is 3.53. The van der Waals surface area contributed by atoms with Crippen LogP contribution in [0.15, 0.2) is 122 Å². The highest BCUT2D eigenvalue weighted by atomic mass is 35.5. The number of aromatic nitrogens is 4. The lowest BCUT2D eigenvalue weighted by molar-refractivity contribution is -0.136. The van der Waals surface area contributed by atoms with Gasteiger partial charge in [0.15, 0.2) is 0 Å².